The van der Waals surface area contributed by atoms with Gasteiger partial charge in [0.15, 0.2) is 0 Å². The van der Waals surface area contributed by atoms with Crippen molar-refractivity contribution < 1.29 is 28.5 Å². The van der Waals surface area contributed by atoms with Crippen LogP contribution in [0.2, 0.25) is 0 Å². The van der Waals surface area contributed by atoms with Crippen molar-refractivity contribution >= 4 is 45.0 Å². The summed E-state index contributed by atoms with van der Waals surface area (Å²) in [5.74, 6) is 2.00. The first kappa shape index (κ1) is 38.2. The Hall–Kier alpha value is -7.72. The topological polar surface area (TPSA) is 121 Å². The van der Waals surface area contributed by atoms with Crippen LogP contribution in [0.15, 0.2) is 146 Å². The van der Waals surface area contributed by atoms with Gasteiger partial charge in [-0.25, -0.2) is 9.97 Å². The molecule has 8 aromatic rings. The fourth-order valence-electron chi connectivity index (χ4n) is 7.07. The van der Waals surface area contributed by atoms with Crippen molar-refractivity contribution in [3.8, 4) is 45.5 Å². The zero-order valence-electron chi connectivity index (χ0n) is 32.9. The Labute approximate surface area is 341 Å². The Morgan fingerprint density at radius 3 is 1.27 bits per heavy atom. The highest BCUT2D eigenvalue weighted by Crippen LogP contribution is 2.36. The molecule has 2 amide bonds. The lowest BCUT2D eigenvalue weighted by molar-refractivity contribution is 0.102. The first-order chi connectivity index (χ1) is 28.8. The average molecular weight is 781 g/mol. The Balaban J connectivity index is 0.960. The van der Waals surface area contributed by atoms with Crippen LogP contribution < -0.4 is 29.6 Å². The van der Waals surface area contributed by atoms with Crippen LogP contribution in [-0.4, -0.2) is 50.2 Å². The molecule has 59 heavy (non-hydrogen) atoms. The number of methoxy groups -OCH3 is 4. The normalized spacial score (nSPS) is 10.9. The molecule has 6 aromatic carbocycles. The van der Waals surface area contributed by atoms with Gasteiger partial charge in [0.2, 0.25) is 0 Å². The summed E-state index contributed by atoms with van der Waals surface area (Å²) in [6.45, 7) is 0. The molecule has 0 aliphatic carbocycles. The number of nitrogens with one attached hydrogen (secondary N) is 2. The van der Waals surface area contributed by atoms with Crippen LogP contribution in [0.4, 0.5) is 11.4 Å². The average Bonchev–Trinajstić information content (AvgIpc) is 3.28. The summed E-state index contributed by atoms with van der Waals surface area (Å²) in [6.07, 6.45) is 0.659. The predicted molar refractivity (Wildman–Crippen MR) is 232 cm³/mol. The predicted octanol–water partition coefficient (Wildman–Crippen LogP) is 10.2. The van der Waals surface area contributed by atoms with Crippen molar-refractivity contribution in [2.75, 3.05) is 39.1 Å². The van der Waals surface area contributed by atoms with E-state index in [4.69, 9.17) is 28.9 Å². The van der Waals surface area contributed by atoms with Crippen LogP contribution in [-0.2, 0) is 6.42 Å². The number of ether oxygens (including phenoxy) is 4. The molecule has 0 aliphatic rings. The molecule has 2 heterocycles. The van der Waals surface area contributed by atoms with Crippen LogP contribution in [0.25, 0.3) is 44.3 Å². The van der Waals surface area contributed by atoms with Crippen LogP contribution in [0.1, 0.15) is 31.8 Å². The van der Waals surface area contributed by atoms with Crippen molar-refractivity contribution in [1.82, 2.24) is 9.97 Å². The standard InChI is InChI=1S/C49H40N4O6/c1-56-34-21-23-38(46(26-34)58-3)44-28-40(36-9-5-7-11-42(36)52-44)48(54)50-32-17-13-30(14-18-32)25-31-15-19-33(20-16-31)51-49(55)41-29-45(53-43-12-8-6-10-37(41)43)39-24-22-35(57-2)27-47(39)59-4/h5-24,26-29H,25H2,1-4H3,(H,50,54)(H,51,55). The number of amides is 2. The van der Waals surface area contributed by atoms with Gasteiger partial charge in [0.05, 0.1) is 62.0 Å². The minimum Gasteiger partial charge on any atom is -0.497 e. The summed E-state index contributed by atoms with van der Waals surface area (Å²) in [5, 5.41) is 7.62. The third-order valence-electron chi connectivity index (χ3n) is 10.1. The van der Waals surface area contributed by atoms with E-state index in [-0.39, 0.29) is 11.8 Å². The molecule has 0 spiro atoms. The smallest absolute Gasteiger partial charge is 0.256 e. The zero-order valence-corrected chi connectivity index (χ0v) is 32.9. The van der Waals surface area contributed by atoms with Gasteiger partial charge in [0.25, 0.3) is 11.8 Å². The van der Waals surface area contributed by atoms with E-state index in [1.54, 1.807) is 52.7 Å². The number of hydrogen-bond donors (Lipinski definition) is 2. The molecule has 0 bridgehead atoms. The van der Waals surface area contributed by atoms with Gasteiger partial charge >= 0.3 is 0 Å². The molecule has 0 aliphatic heterocycles. The number of fused-ring (bicyclic) bond motifs is 2. The van der Waals surface area contributed by atoms with Gasteiger partial charge < -0.3 is 29.6 Å². The van der Waals surface area contributed by atoms with Crippen LogP contribution >= 0.6 is 0 Å². The number of nitrogens with zero attached hydrogens (tertiary/aromatic N) is 2. The third-order valence-corrected chi connectivity index (χ3v) is 10.1. The van der Waals surface area contributed by atoms with Crippen LogP contribution in [0.3, 0.4) is 0 Å². The summed E-state index contributed by atoms with van der Waals surface area (Å²) in [7, 11) is 6.39. The molecule has 0 radical (unpaired) electrons. The molecule has 0 saturated heterocycles. The molecule has 8 rings (SSSR count). The number of hydrogen-bond acceptors (Lipinski definition) is 8. The molecule has 0 unspecified atom stereocenters. The molecular formula is C49H40N4O6. The van der Waals surface area contributed by atoms with Crippen molar-refractivity contribution in [1.29, 1.82) is 0 Å². The molecule has 292 valence electrons. The lowest BCUT2D eigenvalue weighted by Crippen LogP contribution is -2.13. The number of carbonyl (C=O) groups excluding carboxylic acids is 2. The van der Waals surface area contributed by atoms with Gasteiger partial charge in [-0.3, -0.25) is 9.59 Å². The highest BCUT2D eigenvalue weighted by Gasteiger charge is 2.19. The van der Waals surface area contributed by atoms with Gasteiger partial charge in [-0.15, -0.1) is 0 Å². The highest BCUT2D eigenvalue weighted by atomic mass is 16.5. The Kier molecular flexibility index (Phi) is 10.9. The number of carbonyl (C=O) groups is 2. The van der Waals surface area contributed by atoms with Crippen molar-refractivity contribution in [2.45, 2.75) is 6.42 Å². The summed E-state index contributed by atoms with van der Waals surface area (Å²) in [5.41, 5.74) is 8.55. The van der Waals surface area contributed by atoms with E-state index in [0.29, 0.717) is 74.3 Å². The Morgan fingerprint density at radius 2 is 0.881 bits per heavy atom. The fourth-order valence-corrected chi connectivity index (χ4v) is 7.07. The lowest BCUT2D eigenvalue weighted by atomic mass is 10.0. The van der Waals surface area contributed by atoms with E-state index in [1.165, 1.54) is 0 Å². The molecule has 10 nitrogen and oxygen atoms in total. The second-order valence-corrected chi connectivity index (χ2v) is 13.8. The number of rotatable bonds is 12. The molecule has 0 atom stereocenters. The number of benzene rings is 6. The summed E-state index contributed by atoms with van der Waals surface area (Å²) in [6, 6.07) is 45.3. The largest absolute Gasteiger partial charge is 0.497 e. The third kappa shape index (κ3) is 8.10. The Morgan fingerprint density at radius 1 is 0.475 bits per heavy atom. The fraction of sp³-hybridized carbons (Fsp3) is 0.102. The first-order valence-corrected chi connectivity index (χ1v) is 18.9. The first-order valence-electron chi connectivity index (χ1n) is 18.9. The SMILES string of the molecule is COc1ccc(-c2cc(C(=O)Nc3ccc(Cc4ccc(NC(=O)c5cc(-c6ccc(OC)cc6OC)nc6ccccc56)cc4)cc3)c3ccccc3n2)c(OC)c1. The van der Waals surface area contributed by atoms with Crippen molar-refractivity contribution in [2.24, 2.45) is 0 Å². The molecule has 0 saturated carbocycles. The van der Waals surface area contributed by atoms with Gasteiger partial charge in [0.1, 0.15) is 23.0 Å². The van der Waals surface area contributed by atoms with E-state index in [0.717, 1.165) is 33.0 Å². The summed E-state index contributed by atoms with van der Waals surface area (Å²) in [4.78, 5) is 37.3. The quantitative estimate of drug-likeness (QED) is 0.126. The molecule has 2 N–H and O–H groups in total. The van der Waals surface area contributed by atoms with Crippen molar-refractivity contribution in [3.05, 3.63) is 168 Å². The molecule has 2 aromatic heterocycles. The van der Waals surface area contributed by atoms with Gasteiger partial charge in [-0.1, -0.05) is 60.7 Å². The minimum absolute atomic E-state index is 0.251. The molecular weight excluding hydrogens is 741 g/mol. The second kappa shape index (κ2) is 16.8. The van der Waals surface area contributed by atoms with Gasteiger partial charge in [-0.2, -0.15) is 0 Å². The molecule has 0 fully saturated rings. The molecule has 10 heteroatoms. The number of pyridine rings is 2. The highest BCUT2D eigenvalue weighted by molar-refractivity contribution is 6.14. The number of para-hydroxylation sites is 2. The summed E-state index contributed by atoms with van der Waals surface area (Å²) >= 11 is 0. The number of anilines is 2. The van der Waals surface area contributed by atoms with E-state index in [1.807, 2.05) is 121 Å². The van der Waals surface area contributed by atoms with Crippen LogP contribution in [0.5, 0.6) is 23.0 Å². The minimum atomic E-state index is -0.251. The van der Waals surface area contributed by atoms with Crippen LogP contribution in [0, 0.1) is 0 Å². The summed E-state index contributed by atoms with van der Waals surface area (Å²) < 4.78 is 22.0. The second-order valence-electron chi connectivity index (χ2n) is 13.8. The number of aromatic nitrogens is 2. The maximum atomic E-state index is 13.8. The van der Waals surface area contributed by atoms with Gasteiger partial charge in [0, 0.05) is 45.4 Å². The lowest BCUT2D eigenvalue weighted by Gasteiger charge is -2.14. The zero-order chi connectivity index (χ0) is 40.9. The van der Waals surface area contributed by atoms with E-state index >= 15 is 0 Å². The van der Waals surface area contributed by atoms with Crippen molar-refractivity contribution in [3.63, 3.8) is 0 Å². The van der Waals surface area contributed by atoms with E-state index in [2.05, 4.69) is 10.6 Å². The van der Waals surface area contributed by atoms with E-state index in [9.17, 15) is 9.59 Å². The monoisotopic (exact) mass is 780 g/mol. The van der Waals surface area contributed by atoms with E-state index < -0.39 is 0 Å². The Bertz CT molecular complexity index is 2650. The maximum absolute atomic E-state index is 13.8. The van der Waals surface area contributed by atoms with Gasteiger partial charge in [-0.05, 0) is 90.3 Å². The maximum Gasteiger partial charge on any atom is 0.256 e.